The second kappa shape index (κ2) is 13.3. The number of anilines is 5. The van der Waals surface area contributed by atoms with Crippen molar-refractivity contribution in [1.29, 1.82) is 0 Å². The van der Waals surface area contributed by atoms with Crippen LogP contribution in [0, 0.1) is 0 Å². The van der Waals surface area contributed by atoms with Gasteiger partial charge >= 0.3 is 0 Å². The summed E-state index contributed by atoms with van der Waals surface area (Å²) in [6, 6.07) is 13.6. The molecule has 0 spiro atoms. The number of aromatic nitrogens is 5. The number of hydrogen-bond donors (Lipinski definition) is 4. The number of carbonyl (C=O) groups excluding carboxylic acids is 3. The minimum absolute atomic E-state index is 0.0689. The maximum Gasteiger partial charge on any atom is 0.257 e. The third-order valence-corrected chi connectivity index (χ3v) is 8.38. The molecule has 0 aliphatic carbocycles. The van der Waals surface area contributed by atoms with Crippen LogP contribution in [-0.4, -0.2) is 73.5 Å². The summed E-state index contributed by atoms with van der Waals surface area (Å²) in [5.74, 6) is 0.435. The van der Waals surface area contributed by atoms with Gasteiger partial charge in [-0.3, -0.25) is 19.5 Å². The summed E-state index contributed by atoms with van der Waals surface area (Å²) in [7, 11) is 0. The molecule has 6 rings (SSSR count). The summed E-state index contributed by atoms with van der Waals surface area (Å²) < 4.78 is 1.77. The first-order chi connectivity index (χ1) is 22.7. The van der Waals surface area contributed by atoms with Crippen LogP contribution in [0.4, 0.5) is 28.7 Å². The van der Waals surface area contributed by atoms with Gasteiger partial charge in [-0.15, -0.1) is 0 Å². The number of piperazine rings is 1. The summed E-state index contributed by atoms with van der Waals surface area (Å²) in [4.78, 5) is 50.8. The topological polar surface area (TPSA) is 153 Å². The van der Waals surface area contributed by atoms with Gasteiger partial charge in [0.2, 0.25) is 17.8 Å². The van der Waals surface area contributed by atoms with Crippen LogP contribution >= 0.6 is 0 Å². The van der Waals surface area contributed by atoms with Gasteiger partial charge in [0.1, 0.15) is 0 Å². The molecule has 3 aromatic heterocycles. The van der Waals surface area contributed by atoms with Gasteiger partial charge in [0.25, 0.3) is 5.91 Å². The zero-order valence-corrected chi connectivity index (χ0v) is 26.9. The maximum atomic E-state index is 13.4. The minimum Gasteiger partial charge on any atom is -0.368 e. The highest BCUT2D eigenvalue weighted by Crippen LogP contribution is 2.31. The van der Waals surface area contributed by atoms with Crippen LogP contribution in [0.2, 0.25) is 0 Å². The zero-order chi connectivity index (χ0) is 33.1. The fourth-order valence-electron chi connectivity index (χ4n) is 5.85. The summed E-state index contributed by atoms with van der Waals surface area (Å²) in [5.41, 5.74) is 6.12. The summed E-state index contributed by atoms with van der Waals surface area (Å²) >= 11 is 0. The minimum atomic E-state index is -0.219. The van der Waals surface area contributed by atoms with E-state index < -0.39 is 0 Å². The molecule has 1 aliphatic rings. The second-order valence-electron chi connectivity index (χ2n) is 11.5. The van der Waals surface area contributed by atoms with E-state index in [1.54, 1.807) is 36.1 Å². The van der Waals surface area contributed by atoms with Crippen molar-refractivity contribution in [2.24, 2.45) is 0 Å². The summed E-state index contributed by atoms with van der Waals surface area (Å²) in [5, 5.41) is 17.1. The molecule has 3 amide bonds. The normalized spacial score (nSPS) is 13.1. The molecule has 1 aliphatic heterocycles. The average molecular weight is 635 g/mol. The van der Waals surface area contributed by atoms with Gasteiger partial charge in [0.15, 0.2) is 11.5 Å². The van der Waals surface area contributed by atoms with E-state index in [1.165, 1.54) is 6.92 Å². The molecular weight excluding hydrogens is 596 g/mol. The quantitative estimate of drug-likeness (QED) is 0.179. The van der Waals surface area contributed by atoms with E-state index in [1.807, 2.05) is 41.3 Å². The molecule has 47 heavy (non-hydrogen) atoms. The van der Waals surface area contributed by atoms with E-state index in [9.17, 15) is 14.4 Å². The van der Waals surface area contributed by atoms with Gasteiger partial charge in [-0.1, -0.05) is 32.0 Å². The molecule has 2 aromatic carbocycles. The van der Waals surface area contributed by atoms with Crippen molar-refractivity contribution in [3.8, 4) is 5.82 Å². The molecule has 242 valence electrons. The maximum absolute atomic E-state index is 13.4. The van der Waals surface area contributed by atoms with Crippen LogP contribution in [0.1, 0.15) is 49.2 Å². The SMILES string of the molecule is CCc1cccc(CC)c1NC(=O)c1ccn(-c2nc(Nc3ccc(N4CCN(C(C)=O)CC4)cc3NC(C)=O)nc3[nH]ncc23)c1. The van der Waals surface area contributed by atoms with Crippen LogP contribution in [0.3, 0.4) is 0 Å². The Labute approximate surface area is 272 Å². The lowest BCUT2D eigenvalue weighted by Crippen LogP contribution is -2.48. The average Bonchev–Trinajstić information content (AvgIpc) is 3.76. The van der Waals surface area contributed by atoms with Crippen molar-refractivity contribution >= 4 is 57.5 Å². The molecular formula is C34H38N10O3. The number of carbonyl (C=O) groups is 3. The number of hydrogen-bond acceptors (Lipinski definition) is 8. The van der Waals surface area contributed by atoms with Crippen molar-refractivity contribution < 1.29 is 14.4 Å². The molecule has 0 radical (unpaired) electrons. The van der Waals surface area contributed by atoms with E-state index in [0.29, 0.717) is 60.0 Å². The van der Waals surface area contributed by atoms with Crippen LogP contribution in [0.5, 0.6) is 0 Å². The highest BCUT2D eigenvalue weighted by atomic mass is 16.2. The Kier molecular flexibility index (Phi) is 8.87. The highest BCUT2D eigenvalue weighted by molar-refractivity contribution is 6.05. The number of nitrogens with zero attached hydrogens (tertiary/aromatic N) is 6. The number of benzene rings is 2. The van der Waals surface area contributed by atoms with Crippen LogP contribution < -0.4 is 20.9 Å². The molecule has 0 bridgehead atoms. The first-order valence-corrected chi connectivity index (χ1v) is 15.7. The number of rotatable bonds is 9. The van der Waals surface area contributed by atoms with Gasteiger partial charge < -0.3 is 30.3 Å². The Balaban J connectivity index is 1.27. The van der Waals surface area contributed by atoms with E-state index in [2.05, 4.69) is 49.9 Å². The number of para-hydroxylation sites is 1. The molecule has 0 unspecified atom stereocenters. The first-order valence-electron chi connectivity index (χ1n) is 15.7. The largest absolute Gasteiger partial charge is 0.368 e. The van der Waals surface area contributed by atoms with Crippen molar-refractivity contribution in [1.82, 2.24) is 29.6 Å². The number of fused-ring (bicyclic) bond motifs is 1. The third-order valence-electron chi connectivity index (χ3n) is 8.38. The summed E-state index contributed by atoms with van der Waals surface area (Å²) in [6.45, 7) is 9.85. The summed E-state index contributed by atoms with van der Waals surface area (Å²) in [6.07, 6.45) is 6.78. The Morgan fingerprint density at radius 3 is 2.32 bits per heavy atom. The Morgan fingerprint density at radius 2 is 1.64 bits per heavy atom. The lowest BCUT2D eigenvalue weighted by atomic mass is 10.0. The predicted molar refractivity (Wildman–Crippen MR) is 183 cm³/mol. The molecule has 4 N–H and O–H groups in total. The van der Waals surface area contributed by atoms with Gasteiger partial charge in [0, 0.05) is 63.8 Å². The number of aryl methyl sites for hydroxylation is 2. The third kappa shape index (κ3) is 6.64. The molecule has 0 atom stereocenters. The second-order valence-corrected chi connectivity index (χ2v) is 11.5. The number of nitrogens with one attached hydrogen (secondary N) is 4. The van der Waals surface area contributed by atoms with E-state index in [-0.39, 0.29) is 23.7 Å². The van der Waals surface area contributed by atoms with E-state index in [0.717, 1.165) is 35.3 Å². The van der Waals surface area contributed by atoms with Gasteiger partial charge in [0.05, 0.1) is 28.5 Å². The lowest BCUT2D eigenvalue weighted by Gasteiger charge is -2.36. The number of aromatic amines is 1. The van der Waals surface area contributed by atoms with Crippen molar-refractivity contribution in [3.63, 3.8) is 0 Å². The molecule has 0 saturated carbocycles. The standard InChI is InChI=1S/C34H38N10O3/c1-5-23-8-7-9-24(6-2)30(23)38-33(47)25-12-13-44(20-25)32-27-19-35-41-31(27)39-34(40-32)37-28-11-10-26(18-29(28)36-21(3)45)43-16-14-42(15-17-43)22(4)46/h7-13,18-20H,5-6,14-17H2,1-4H3,(H,36,45)(H,38,47)(H2,35,37,39,40,41). The monoisotopic (exact) mass is 634 g/mol. The molecule has 5 aromatic rings. The molecule has 13 heteroatoms. The molecule has 13 nitrogen and oxygen atoms in total. The zero-order valence-electron chi connectivity index (χ0n) is 26.9. The van der Waals surface area contributed by atoms with Crippen molar-refractivity contribution in [2.75, 3.05) is 47.0 Å². The predicted octanol–water partition coefficient (Wildman–Crippen LogP) is 4.89. The number of amides is 3. The Hall–Kier alpha value is -5.72. The highest BCUT2D eigenvalue weighted by Gasteiger charge is 2.21. The van der Waals surface area contributed by atoms with Gasteiger partial charge in [-0.2, -0.15) is 15.1 Å². The first kappa shape index (κ1) is 31.3. The van der Waals surface area contributed by atoms with Crippen LogP contribution in [0.25, 0.3) is 16.9 Å². The fraction of sp³-hybridized carbons (Fsp3) is 0.294. The van der Waals surface area contributed by atoms with E-state index >= 15 is 0 Å². The van der Waals surface area contributed by atoms with Crippen LogP contribution in [-0.2, 0) is 22.4 Å². The molecule has 1 saturated heterocycles. The number of H-pyrrole nitrogens is 1. The molecule has 4 heterocycles. The fourth-order valence-corrected chi connectivity index (χ4v) is 5.85. The van der Waals surface area contributed by atoms with Crippen molar-refractivity contribution in [2.45, 2.75) is 40.5 Å². The van der Waals surface area contributed by atoms with Crippen molar-refractivity contribution in [3.05, 3.63) is 77.7 Å². The van der Waals surface area contributed by atoms with E-state index in [4.69, 9.17) is 4.98 Å². The molecule has 1 fully saturated rings. The lowest BCUT2D eigenvalue weighted by molar-refractivity contribution is -0.129. The van der Waals surface area contributed by atoms with Gasteiger partial charge in [-0.25, -0.2) is 0 Å². The van der Waals surface area contributed by atoms with Gasteiger partial charge in [-0.05, 0) is 48.2 Å². The smallest absolute Gasteiger partial charge is 0.257 e. The Morgan fingerprint density at radius 1 is 0.894 bits per heavy atom. The van der Waals surface area contributed by atoms with Crippen LogP contribution in [0.15, 0.2) is 61.1 Å². The Bertz CT molecular complexity index is 1930.